The Kier molecular flexibility index (Phi) is 5.41. The van der Waals surface area contributed by atoms with Crippen LogP contribution in [0.25, 0.3) is 11.1 Å². The Bertz CT molecular complexity index is 905. The van der Waals surface area contributed by atoms with Crippen LogP contribution in [0.4, 0.5) is 0 Å². The Balaban J connectivity index is 1.52. The van der Waals surface area contributed by atoms with Crippen molar-refractivity contribution in [1.82, 2.24) is 4.90 Å². The summed E-state index contributed by atoms with van der Waals surface area (Å²) in [6.07, 6.45) is 3.36. The highest BCUT2D eigenvalue weighted by atomic mass is 16.5. The van der Waals surface area contributed by atoms with Crippen molar-refractivity contribution in [2.45, 2.75) is 38.2 Å². The normalized spacial score (nSPS) is 22.2. The summed E-state index contributed by atoms with van der Waals surface area (Å²) < 4.78 is 5.90. The average Bonchev–Trinajstić information content (AvgIpc) is 2.67. The number of morpholine rings is 1. The van der Waals surface area contributed by atoms with Crippen LogP contribution in [0.5, 0.6) is 0 Å². The highest BCUT2D eigenvalue weighted by molar-refractivity contribution is 5.86. The first-order chi connectivity index (χ1) is 14.0. The predicted octanol–water partition coefficient (Wildman–Crippen LogP) is 3.09. The SMILES string of the molecule is Cc1cccc(-c2ccc(C[C@]3(C(N)=O)CN(C(=O)C4CCC4)CCO3)cc2)c1. The number of nitrogens with two attached hydrogens (primary N) is 1. The number of carbonyl (C=O) groups excluding carboxylic acids is 2. The molecule has 2 aromatic rings. The molecule has 2 fully saturated rings. The number of aryl methyl sites for hydroxylation is 1. The van der Waals surface area contributed by atoms with Crippen LogP contribution in [0.3, 0.4) is 0 Å². The Labute approximate surface area is 171 Å². The van der Waals surface area contributed by atoms with Gasteiger partial charge in [-0.2, -0.15) is 0 Å². The molecule has 0 unspecified atom stereocenters. The first kappa shape index (κ1) is 19.6. The van der Waals surface area contributed by atoms with Crippen molar-refractivity contribution in [2.24, 2.45) is 11.7 Å². The van der Waals surface area contributed by atoms with Crippen LogP contribution in [0, 0.1) is 12.8 Å². The van der Waals surface area contributed by atoms with Gasteiger partial charge in [-0.1, -0.05) is 60.5 Å². The Hall–Kier alpha value is -2.66. The molecule has 0 radical (unpaired) electrons. The van der Waals surface area contributed by atoms with E-state index < -0.39 is 11.5 Å². The van der Waals surface area contributed by atoms with Gasteiger partial charge < -0.3 is 15.4 Å². The topological polar surface area (TPSA) is 72.6 Å². The zero-order valence-electron chi connectivity index (χ0n) is 16.9. The average molecular weight is 392 g/mol. The van der Waals surface area contributed by atoms with E-state index in [0.29, 0.717) is 19.6 Å². The van der Waals surface area contributed by atoms with Crippen molar-refractivity contribution < 1.29 is 14.3 Å². The van der Waals surface area contributed by atoms with E-state index in [2.05, 4.69) is 37.3 Å². The van der Waals surface area contributed by atoms with Crippen molar-refractivity contribution in [2.75, 3.05) is 19.7 Å². The summed E-state index contributed by atoms with van der Waals surface area (Å²) in [5, 5.41) is 0. The Morgan fingerprint density at radius 2 is 1.90 bits per heavy atom. The number of primary amides is 1. The second kappa shape index (κ2) is 7.99. The molecule has 1 aliphatic carbocycles. The number of ether oxygens (including phenoxy) is 1. The van der Waals surface area contributed by atoms with Gasteiger partial charge in [0, 0.05) is 18.9 Å². The van der Waals surface area contributed by atoms with Gasteiger partial charge in [0.1, 0.15) is 0 Å². The van der Waals surface area contributed by atoms with Gasteiger partial charge in [-0.15, -0.1) is 0 Å². The summed E-state index contributed by atoms with van der Waals surface area (Å²) in [5.74, 6) is -0.265. The molecule has 1 atom stereocenters. The molecule has 0 bridgehead atoms. The van der Waals surface area contributed by atoms with Crippen molar-refractivity contribution in [3.05, 3.63) is 59.7 Å². The van der Waals surface area contributed by atoms with E-state index in [0.717, 1.165) is 36.0 Å². The van der Waals surface area contributed by atoms with Gasteiger partial charge in [0.25, 0.3) is 5.91 Å². The van der Waals surface area contributed by atoms with Crippen molar-refractivity contribution >= 4 is 11.8 Å². The van der Waals surface area contributed by atoms with E-state index in [1.54, 1.807) is 4.90 Å². The van der Waals surface area contributed by atoms with Gasteiger partial charge in [-0.05, 0) is 36.5 Å². The first-order valence-electron chi connectivity index (χ1n) is 10.4. The minimum absolute atomic E-state index is 0.104. The molecule has 2 N–H and O–H groups in total. The van der Waals surface area contributed by atoms with Gasteiger partial charge in [0.2, 0.25) is 5.91 Å². The molecule has 2 amide bonds. The van der Waals surface area contributed by atoms with E-state index in [1.165, 1.54) is 5.56 Å². The fraction of sp³-hybridized carbons (Fsp3) is 0.417. The molecule has 29 heavy (non-hydrogen) atoms. The Morgan fingerprint density at radius 3 is 2.52 bits per heavy atom. The molecule has 1 aliphatic heterocycles. The molecule has 0 spiro atoms. The molecular formula is C24H28N2O3. The molecule has 5 heteroatoms. The third-order valence-corrected chi connectivity index (χ3v) is 6.20. The minimum atomic E-state index is -1.16. The van der Waals surface area contributed by atoms with Crippen molar-refractivity contribution in [1.29, 1.82) is 0 Å². The van der Waals surface area contributed by atoms with E-state index in [9.17, 15) is 9.59 Å². The lowest BCUT2D eigenvalue weighted by molar-refractivity contribution is -0.166. The lowest BCUT2D eigenvalue weighted by Crippen LogP contribution is -2.62. The number of benzene rings is 2. The molecule has 2 aromatic carbocycles. The van der Waals surface area contributed by atoms with Gasteiger partial charge >= 0.3 is 0 Å². The summed E-state index contributed by atoms with van der Waals surface area (Å²) in [5.41, 5.74) is 9.07. The largest absolute Gasteiger partial charge is 0.367 e. The van der Waals surface area contributed by atoms with E-state index in [-0.39, 0.29) is 18.4 Å². The van der Waals surface area contributed by atoms with Crippen LogP contribution in [-0.4, -0.2) is 42.0 Å². The van der Waals surface area contributed by atoms with Crippen LogP contribution in [0.2, 0.25) is 0 Å². The number of amides is 2. The van der Waals surface area contributed by atoms with Gasteiger partial charge in [-0.3, -0.25) is 9.59 Å². The zero-order valence-corrected chi connectivity index (χ0v) is 16.9. The first-order valence-corrected chi connectivity index (χ1v) is 10.4. The molecule has 5 nitrogen and oxygen atoms in total. The van der Waals surface area contributed by atoms with Crippen LogP contribution in [0.1, 0.15) is 30.4 Å². The van der Waals surface area contributed by atoms with Crippen LogP contribution < -0.4 is 5.73 Å². The third-order valence-electron chi connectivity index (χ3n) is 6.20. The number of carbonyl (C=O) groups is 2. The third kappa shape index (κ3) is 4.06. The monoisotopic (exact) mass is 392 g/mol. The summed E-state index contributed by atoms with van der Waals surface area (Å²) in [7, 11) is 0. The van der Waals surface area contributed by atoms with Crippen LogP contribution >= 0.6 is 0 Å². The summed E-state index contributed by atoms with van der Waals surface area (Å²) in [6, 6.07) is 16.5. The van der Waals surface area contributed by atoms with Gasteiger partial charge in [-0.25, -0.2) is 0 Å². The molecule has 4 rings (SSSR count). The molecule has 1 heterocycles. The second-order valence-electron chi connectivity index (χ2n) is 8.34. The zero-order chi connectivity index (χ0) is 20.4. The summed E-state index contributed by atoms with van der Waals surface area (Å²) in [6.45, 7) is 3.17. The van der Waals surface area contributed by atoms with Crippen molar-refractivity contribution in [3.63, 3.8) is 0 Å². The molecule has 0 aromatic heterocycles. The predicted molar refractivity (Wildman–Crippen MR) is 112 cm³/mol. The molecule has 1 saturated heterocycles. The van der Waals surface area contributed by atoms with Crippen LogP contribution in [-0.2, 0) is 20.7 Å². The Morgan fingerprint density at radius 1 is 1.14 bits per heavy atom. The summed E-state index contributed by atoms with van der Waals surface area (Å²) >= 11 is 0. The quantitative estimate of drug-likeness (QED) is 0.850. The molecule has 2 aliphatic rings. The fourth-order valence-electron chi connectivity index (χ4n) is 4.20. The highest BCUT2D eigenvalue weighted by Crippen LogP contribution is 2.31. The smallest absolute Gasteiger partial charge is 0.251 e. The lowest BCUT2D eigenvalue weighted by atomic mass is 9.83. The molecular weight excluding hydrogens is 364 g/mol. The number of hydrogen-bond donors (Lipinski definition) is 1. The second-order valence-corrected chi connectivity index (χ2v) is 8.34. The maximum Gasteiger partial charge on any atom is 0.251 e. The van der Waals surface area contributed by atoms with Gasteiger partial charge in [0.15, 0.2) is 5.60 Å². The van der Waals surface area contributed by atoms with Crippen molar-refractivity contribution in [3.8, 4) is 11.1 Å². The van der Waals surface area contributed by atoms with Crippen LogP contribution in [0.15, 0.2) is 48.5 Å². The number of nitrogens with zero attached hydrogens (tertiary/aromatic N) is 1. The molecule has 1 saturated carbocycles. The maximum absolute atomic E-state index is 12.7. The maximum atomic E-state index is 12.7. The van der Waals surface area contributed by atoms with Gasteiger partial charge in [0.05, 0.1) is 13.2 Å². The van der Waals surface area contributed by atoms with E-state index >= 15 is 0 Å². The molecule has 152 valence electrons. The summed E-state index contributed by atoms with van der Waals surface area (Å²) in [4.78, 5) is 26.9. The number of rotatable bonds is 5. The van der Waals surface area contributed by atoms with E-state index in [1.807, 2.05) is 18.2 Å². The lowest BCUT2D eigenvalue weighted by Gasteiger charge is -2.42. The highest BCUT2D eigenvalue weighted by Gasteiger charge is 2.45. The minimum Gasteiger partial charge on any atom is -0.367 e. The fourth-order valence-corrected chi connectivity index (χ4v) is 4.20. The number of hydrogen-bond acceptors (Lipinski definition) is 3. The van der Waals surface area contributed by atoms with E-state index in [4.69, 9.17) is 10.5 Å². The standard InChI is InChI=1S/C24H28N2O3/c1-17-4-2-7-21(14-17)19-10-8-18(9-11-19)15-24(23(25)28)16-26(12-13-29-24)22(27)20-5-3-6-20/h2,4,7-11,14,20H,3,5-6,12-13,15-16H2,1H3,(H2,25,28)/t24-/m1/s1.